The van der Waals surface area contributed by atoms with E-state index in [-0.39, 0.29) is 16.7 Å². The number of rotatable bonds is 5. The highest BCUT2D eigenvalue weighted by atomic mass is 19.4. The van der Waals surface area contributed by atoms with Gasteiger partial charge >= 0.3 is 12.1 Å². The van der Waals surface area contributed by atoms with Crippen molar-refractivity contribution in [1.82, 2.24) is 14.3 Å². The predicted molar refractivity (Wildman–Crippen MR) is 97.8 cm³/mol. The zero-order valence-electron chi connectivity index (χ0n) is 16.0. The summed E-state index contributed by atoms with van der Waals surface area (Å²) in [4.78, 5) is 25.2. The third-order valence-corrected chi connectivity index (χ3v) is 4.96. The van der Waals surface area contributed by atoms with Crippen molar-refractivity contribution in [3.8, 4) is 5.75 Å². The van der Waals surface area contributed by atoms with Crippen LogP contribution in [0.5, 0.6) is 5.75 Å². The Morgan fingerprint density at radius 2 is 1.91 bits per heavy atom. The van der Waals surface area contributed by atoms with Crippen LogP contribution in [0.1, 0.15) is 11.9 Å². The third-order valence-electron chi connectivity index (χ3n) is 4.96. The van der Waals surface area contributed by atoms with Gasteiger partial charge in [0.25, 0.3) is 5.56 Å². The molecule has 32 heavy (non-hydrogen) atoms. The van der Waals surface area contributed by atoms with Crippen LogP contribution < -0.4 is 16.0 Å². The van der Waals surface area contributed by atoms with Crippen LogP contribution in [0, 0.1) is 0 Å². The van der Waals surface area contributed by atoms with Gasteiger partial charge < -0.3 is 29.3 Å². The molecule has 3 N–H and O–H groups in total. The molecule has 172 valence electrons. The highest BCUT2D eigenvalue weighted by Crippen LogP contribution is 2.32. The lowest BCUT2D eigenvalue weighted by Crippen LogP contribution is -2.43. The first-order chi connectivity index (χ1) is 15.1. The van der Waals surface area contributed by atoms with Gasteiger partial charge in [-0.2, -0.15) is 0 Å². The predicted octanol–water partition coefficient (Wildman–Crippen LogP) is -0.290. The van der Waals surface area contributed by atoms with Crippen LogP contribution in [0.25, 0.3) is 11.0 Å². The minimum absolute atomic E-state index is 0.0225. The number of nitrogens with zero attached hydrogens (tertiary/aromatic N) is 3. The minimum Gasteiger partial charge on any atom is -0.402 e. The van der Waals surface area contributed by atoms with E-state index in [1.54, 1.807) is 0 Å². The normalized spacial score (nSPS) is 23.7. The molecular formula is C18H16F3N3O8. The lowest BCUT2D eigenvalue weighted by atomic mass is 10.1. The van der Waals surface area contributed by atoms with Crippen molar-refractivity contribution in [2.75, 3.05) is 6.61 Å². The second kappa shape index (κ2) is 8.05. The summed E-state index contributed by atoms with van der Waals surface area (Å²) < 4.78 is 53.5. The Morgan fingerprint density at radius 3 is 2.56 bits per heavy atom. The molecule has 0 saturated carbocycles. The minimum atomic E-state index is -4.97. The molecule has 0 bridgehead atoms. The number of hydrogen-bond acceptors (Lipinski definition) is 9. The lowest BCUT2D eigenvalue weighted by Gasteiger charge is -2.18. The van der Waals surface area contributed by atoms with E-state index in [1.165, 1.54) is 12.1 Å². The van der Waals surface area contributed by atoms with Gasteiger partial charge in [-0.15, -0.1) is 13.2 Å². The van der Waals surface area contributed by atoms with E-state index < -0.39 is 61.1 Å². The lowest BCUT2D eigenvalue weighted by molar-refractivity contribution is -0.274. The average Bonchev–Trinajstić information content (AvgIpc) is 3.26. The second-order valence-electron chi connectivity index (χ2n) is 6.97. The molecule has 1 saturated heterocycles. The van der Waals surface area contributed by atoms with Crippen molar-refractivity contribution in [3.63, 3.8) is 0 Å². The first-order valence-electron chi connectivity index (χ1n) is 9.18. The fraction of sp³-hybridized carbons (Fsp3) is 0.389. The number of benzene rings is 1. The Hall–Kier alpha value is -3.20. The Bertz CT molecular complexity index is 1250. The molecule has 1 aromatic carbocycles. The van der Waals surface area contributed by atoms with Crippen LogP contribution in [0.15, 0.2) is 44.6 Å². The number of ether oxygens (including phenoxy) is 2. The van der Waals surface area contributed by atoms with Gasteiger partial charge in [0.05, 0.1) is 18.5 Å². The van der Waals surface area contributed by atoms with Crippen molar-refractivity contribution < 1.29 is 42.5 Å². The van der Waals surface area contributed by atoms with Crippen LogP contribution in [0.4, 0.5) is 13.2 Å². The van der Waals surface area contributed by atoms with E-state index in [9.17, 15) is 38.1 Å². The smallest absolute Gasteiger partial charge is 0.402 e. The van der Waals surface area contributed by atoms with E-state index in [0.717, 1.165) is 22.9 Å². The van der Waals surface area contributed by atoms with Crippen molar-refractivity contribution in [3.05, 3.63) is 57.0 Å². The number of alkyl halides is 3. The Labute approximate surface area is 175 Å². The van der Waals surface area contributed by atoms with Crippen molar-refractivity contribution in [2.45, 2.75) is 37.4 Å². The number of para-hydroxylation sites is 1. The first-order valence-corrected chi connectivity index (χ1v) is 9.18. The van der Waals surface area contributed by atoms with E-state index in [0.29, 0.717) is 4.57 Å². The van der Waals surface area contributed by atoms with Crippen molar-refractivity contribution in [1.29, 1.82) is 0 Å². The van der Waals surface area contributed by atoms with Gasteiger partial charge in [0.1, 0.15) is 24.0 Å². The van der Waals surface area contributed by atoms with Gasteiger partial charge in [0, 0.05) is 12.3 Å². The van der Waals surface area contributed by atoms with Gasteiger partial charge in [-0.3, -0.25) is 13.9 Å². The molecule has 2 aromatic heterocycles. The van der Waals surface area contributed by atoms with Crippen LogP contribution in [0.2, 0.25) is 0 Å². The maximum atomic E-state index is 12.9. The van der Waals surface area contributed by atoms with E-state index in [2.05, 4.69) is 9.89 Å². The highest BCUT2D eigenvalue weighted by Gasteiger charge is 2.44. The van der Waals surface area contributed by atoms with Gasteiger partial charge in [0.15, 0.2) is 12.0 Å². The summed E-state index contributed by atoms with van der Waals surface area (Å²) in [5.41, 5.74) is -2.07. The van der Waals surface area contributed by atoms with E-state index >= 15 is 0 Å². The zero-order chi connectivity index (χ0) is 23.2. The number of aliphatic hydroxyl groups excluding tert-OH is 3. The quantitative estimate of drug-likeness (QED) is 0.468. The summed E-state index contributed by atoms with van der Waals surface area (Å²) >= 11 is 0. The Balaban J connectivity index is 1.71. The average molecular weight is 459 g/mol. The van der Waals surface area contributed by atoms with Gasteiger partial charge in [-0.05, 0) is 12.1 Å². The largest absolute Gasteiger partial charge is 0.573 e. The zero-order valence-corrected chi connectivity index (χ0v) is 16.0. The number of fused-ring (bicyclic) bond motifs is 1. The van der Waals surface area contributed by atoms with Crippen LogP contribution in [0.3, 0.4) is 0 Å². The molecule has 14 heteroatoms. The van der Waals surface area contributed by atoms with Crippen LogP contribution >= 0.6 is 0 Å². The van der Waals surface area contributed by atoms with Gasteiger partial charge in [-0.25, -0.2) is 4.79 Å². The Kier molecular flexibility index (Phi) is 5.54. The highest BCUT2D eigenvalue weighted by molar-refractivity contribution is 5.84. The molecule has 11 nitrogen and oxygen atoms in total. The van der Waals surface area contributed by atoms with E-state index in [4.69, 9.17) is 9.26 Å². The van der Waals surface area contributed by atoms with Gasteiger partial charge in [-0.1, -0.05) is 11.2 Å². The fourth-order valence-corrected chi connectivity index (χ4v) is 3.44. The molecule has 1 aliphatic heterocycles. The number of aromatic nitrogens is 3. The fourth-order valence-electron chi connectivity index (χ4n) is 3.44. The Morgan fingerprint density at radius 1 is 1.16 bits per heavy atom. The number of hydrogen-bond donors (Lipinski definition) is 3. The monoisotopic (exact) mass is 459 g/mol. The molecule has 0 aliphatic carbocycles. The summed E-state index contributed by atoms with van der Waals surface area (Å²) in [5.74, 6) is -0.641. The molecule has 1 aliphatic rings. The van der Waals surface area contributed by atoms with Crippen LogP contribution in [-0.4, -0.2) is 60.9 Å². The summed E-state index contributed by atoms with van der Waals surface area (Å²) in [5, 5.41) is 33.0. The second-order valence-corrected chi connectivity index (χ2v) is 6.97. The molecule has 0 unspecified atom stereocenters. The maximum absolute atomic E-state index is 12.9. The summed E-state index contributed by atoms with van der Waals surface area (Å²) in [6.07, 6.45) is -9.48. The van der Waals surface area contributed by atoms with Crippen molar-refractivity contribution >= 4 is 11.0 Å². The molecule has 0 amide bonds. The maximum Gasteiger partial charge on any atom is 0.573 e. The number of halogens is 3. The topological polar surface area (TPSA) is 149 Å². The third kappa shape index (κ3) is 3.88. The molecule has 3 aromatic rings. The summed E-state index contributed by atoms with van der Waals surface area (Å²) in [6, 6.07) is 4.66. The first kappa shape index (κ1) is 22.0. The summed E-state index contributed by atoms with van der Waals surface area (Å²) in [6.45, 7) is -1.09. The number of aliphatic hydroxyl groups is 3. The molecule has 4 atom stereocenters. The molecule has 1 fully saturated rings. The van der Waals surface area contributed by atoms with Crippen LogP contribution in [-0.2, 0) is 11.3 Å². The summed E-state index contributed by atoms with van der Waals surface area (Å²) in [7, 11) is 0. The molecule has 0 spiro atoms. The van der Waals surface area contributed by atoms with Crippen molar-refractivity contribution in [2.24, 2.45) is 0 Å². The molecule has 0 radical (unpaired) electrons. The van der Waals surface area contributed by atoms with E-state index in [1.807, 2.05) is 0 Å². The SMILES string of the molecule is O=c1ccn([C@@H]2O[C@H](CO)[C@@H](O)[C@H]2O)c(=O)n1Cc1noc2c(OC(F)(F)F)cccc12. The molecule has 3 heterocycles. The molecular weight excluding hydrogens is 443 g/mol. The standard InChI is InChI=1S/C18H16F3N3O8/c19-18(20,21)31-10-3-1-2-8-9(22-32-15(8)10)6-24-12(26)4-5-23(17(24)29)16-14(28)13(27)11(7-25)30-16/h1-5,11,13-14,16,25,27-28H,6-7H2/t11-,13-,14-,16-/m1/s1. The molecule has 4 rings (SSSR count). The van der Waals surface area contributed by atoms with Gasteiger partial charge in [0.2, 0.25) is 5.58 Å².